The van der Waals surface area contributed by atoms with E-state index in [-0.39, 0.29) is 5.75 Å². The van der Waals surface area contributed by atoms with Gasteiger partial charge in [0.1, 0.15) is 5.75 Å². The third-order valence-electron chi connectivity index (χ3n) is 3.94. The molecule has 0 aromatic heterocycles. The molecule has 0 bridgehead atoms. The molecule has 0 heterocycles. The molecule has 4 heteroatoms. The summed E-state index contributed by atoms with van der Waals surface area (Å²) in [5.74, 6) is 1.03. The summed E-state index contributed by atoms with van der Waals surface area (Å²) in [4.78, 5) is 0. The summed E-state index contributed by atoms with van der Waals surface area (Å²) in [5.41, 5.74) is 1.16. The second kappa shape index (κ2) is 7.58. The number of rotatable bonds is 8. The second-order valence-corrected chi connectivity index (χ2v) is 5.49. The first-order valence-corrected chi connectivity index (χ1v) is 7.47. The number of nitrogens with one attached hydrogen (secondary N) is 1. The Morgan fingerprint density at radius 2 is 1.95 bits per heavy atom. The molecule has 1 aliphatic carbocycles. The van der Waals surface area contributed by atoms with E-state index in [2.05, 4.69) is 17.0 Å². The van der Waals surface area contributed by atoms with E-state index in [0.29, 0.717) is 6.04 Å². The van der Waals surface area contributed by atoms with Gasteiger partial charge in [0.05, 0.1) is 0 Å². The minimum Gasteiger partial charge on any atom is -0.435 e. The van der Waals surface area contributed by atoms with Crippen molar-refractivity contribution in [3.63, 3.8) is 0 Å². The lowest BCUT2D eigenvalue weighted by Gasteiger charge is -2.30. The Bertz CT molecular complexity index is 390. The van der Waals surface area contributed by atoms with Gasteiger partial charge in [-0.1, -0.05) is 38.3 Å². The van der Waals surface area contributed by atoms with Gasteiger partial charge in [0.2, 0.25) is 0 Å². The van der Waals surface area contributed by atoms with Gasteiger partial charge >= 0.3 is 6.61 Å². The number of alkyl halides is 2. The van der Waals surface area contributed by atoms with Gasteiger partial charge in [-0.2, -0.15) is 8.78 Å². The van der Waals surface area contributed by atoms with E-state index in [1.807, 2.05) is 12.1 Å². The van der Waals surface area contributed by atoms with Crippen LogP contribution in [0.25, 0.3) is 0 Å². The zero-order chi connectivity index (χ0) is 14.4. The predicted molar refractivity (Wildman–Crippen MR) is 76.1 cm³/mol. The molecule has 1 aliphatic rings. The van der Waals surface area contributed by atoms with E-state index in [0.717, 1.165) is 30.9 Å². The zero-order valence-electron chi connectivity index (χ0n) is 11.9. The molecule has 2 nitrogen and oxygen atoms in total. The summed E-state index contributed by atoms with van der Waals surface area (Å²) >= 11 is 0. The van der Waals surface area contributed by atoms with Crippen LogP contribution in [0, 0.1) is 5.92 Å². The van der Waals surface area contributed by atoms with Crippen LogP contribution < -0.4 is 10.1 Å². The molecule has 1 unspecified atom stereocenters. The summed E-state index contributed by atoms with van der Waals surface area (Å²) in [6, 6.07) is 7.36. The summed E-state index contributed by atoms with van der Waals surface area (Å²) < 4.78 is 28.7. The lowest BCUT2D eigenvalue weighted by Crippen LogP contribution is -2.26. The number of halogens is 2. The van der Waals surface area contributed by atoms with Crippen LogP contribution in [0.4, 0.5) is 8.78 Å². The van der Waals surface area contributed by atoms with Crippen molar-refractivity contribution in [2.45, 2.75) is 51.7 Å². The maximum absolute atomic E-state index is 12.1. The average molecular weight is 283 g/mol. The maximum Gasteiger partial charge on any atom is 0.387 e. The van der Waals surface area contributed by atoms with Crippen molar-refractivity contribution in [3.05, 3.63) is 29.8 Å². The van der Waals surface area contributed by atoms with Gasteiger partial charge in [-0.15, -0.1) is 0 Å². The van der Waals surface area contributed by atoms with Gasteiger partial charge < -0.3 is 10.1 Å². The van der Waals surface area contributed by atoms with E-state index in [4.69, 9.17) is 0 Å². The Kier molecular flexibility index (Phi) is 5.77. The fraction of sp³-hybridized carbons (Fsp3) is 0.625. The first-order valence-electron chi connectivity index (χ1n) is 7.47. The first-order chi connectivity index (χ1) is 9.69. The van der Waals surface area contributed by atoms with Crippen molar-refractivity contribution in [2.24, 2.45) is 5.92 Å². The van der Waals surface area contributed by atoms with E-state index in [1.165, 1.54) is 19.3 Å². The molecule has 1 N–H and O–H groups in total. The predicted octanol–water partition coefficient (Wildman–Crippen LogP) is 4.52. The highest BCUT2D eigenvalue weighted by atomic mass is 19.3. The Labute approximate surface area is 119 Å². The first kappa shape index (κ1) is 15.2. The molecule has 112 valence electrons. The lowest BCUT2D eigenvalue weighted by atomic mass is 9.79. The SMILES string of the molecule is CCCNC(CC1CCC1)c1ccc(OC(F)F)cc1. The van der Waals surface area contributed by atoms with Gasteiger partial charge in [0.15, 0.2) is 0 Å². The van der Waals surface area contributed by atoms with Crippen molar-refractivity contribution in [1.29, 1.82) is 0 Å². The van der Waals surface area contributed by atoms with E-state index >= 15 is 0 Å². The standard InChI is InChI=1S/C16H23F2NO/c1-2-10-19-15(11-12-4-3-5-12)13-6-8-14(9-7-13)20-16(17)18/h6-9,12,15-16,19H,2-5,10-11H2,1H3. The normalized spacial score (nSPS) is 17.0. The maximum atomic E-state index is 12.1. The summed E-state index contributed by atoms with van der Waals surface area (Å²) in [6.07, 6.45) is 6.20. The number of ether oxygens (including phenoxy) is 1. The minimum atomic E-state index is -2.76. The van der Waals surface area contributed by atoms with Gasteiger partial charge in [0, 0.05) is 6.04 Å². The average Bonchev–Trinajstić information content (AvgIpc) is 2.37. The van der Waals surface area contributed by atoms with Crippen LogP contribution in [0.3, 0.4) is 0 Å². The van der Waals surface area contributed by atoms with Crippen molar-refractivity contribution in [1.82, 2.24) is 5.32 Å². The molecule has 20 heavy (non-hydrogen) atoms. The molecule has 1 fully saturated rings. The summed E-state index contributed by atoms with van der Waals surface area (Å²) in [5, 5.41) is 3.56. The molecule has 1 aromatic rings. The Morgan fingerprint density at radius 1 is 1.25 bits per heavy atom. The highest BCUT2D eigenvalue weighted by Gasteiger charge is 2.22. The molecule has 0 spiro atoms. The van der Waals surface area contributed by atoms with Crippen LogP contribution >= 0.6 is 0 Å². The lowest BCUT2D eigenvalue weighted by molar-refractivity contribution is -0.0498. The molecule has 1 saturated carbocycles. The molecule has 0 saturated heterocycles. The Morgan fingerprint density at radius 3 is 2.45 bits per heavy atom. The van der Waals surface area contributed by atoms with E-state index < -0.39 is 6.61 Å². The fourth-order valence-electron chi connectivity index (χ4n) is 2.60. The van der Waals surface area contributed by atoms with E-state index in [9.17, 15) is 8.78 Å². The van der Waals surface area contributed by atoms with Crippen molar-refractivity contribution >= 4 is 0 Å². The van der Waals surface area contributed by atoms with E-state index in [1.54, 1.807) is 12.1 Å². The van der Waals surface area contributed by atoms with Crippen LogP contribution in [-0.2, 0) is 0 Å². The quantitative estimate of drug-likeness (QED) is 0.757. The minimum absolute atomic E-state index is 0.224. The number of hydrogen-bond donors (Lipinski definition) is 1. The summed E-state index contributed by atoms with van der Waals surface area (Å²) in [7, 11) is 0. The van der Waals surface area contributed by atoms with Gasteiger partial charge in [0.25, 0.3) is 0 Å². The number of hydrogen-bond acceptors (Lipinski definition) is 2. The van der Waals surface area contributed by atoms with Gasteiger partial charge in [-0.3, -0.25) is 0 Å². The molecule has 1 atom stereocenters. The van der Waals surface area contributed by atoms with Crippen molar-refractivity contribution in [2.75, 3.05) is 6.54 Å². The van der Waals surface area contributed by atoms with Crippen LogP contribution in [0.1, 0.15) is 50.6 Å². The topological polar surface area (TPSA) is 21.3 Å². The Balaban J connectivity index is 1.98. The fourth-order valence-corrected chi connectivity index (χ4v) is 2.60. The van der Waals surface area contributed by atoms with Crippen molar-refractivity contribution in [3.8, 4) is 5.75 Å². The van der Waals surface area contributed by atoms with Gasteiger partial charge in [-0.25, -0.2) is 0 Å². The van der Waals surface area contributed by atoms with Crippen LogP contribution in [0.2, 0.25) is 0 Å². The van der Waals surface area contributed by atoms with Crippen molar-refractivity contribution < 1.29 is 13.5 Å². The highest BCUT2D eigenvalue weighted by molar-refractivity contribution is 5.29. The molecule has 1 aromatic carbocycles. The zero-order valence-corrected chi connectivity index (χ0v) is 11.9. The van der Waals surface area contributed by atoms with Crippen LogP contribution in [0.15, 0.2) is 24.3 Å². The third-order valence-corrected chi connectivity index (χ3v) is 3.94. The molecule has 0 radical (unpaired) electrons. The molecular weight excluding hydrogens is 260 g/mol. The Hall–Kier alpha value is -1.16. The van der Waals surface area contributed by atoms with Crippen LogP contribution in [-0.4, -0.2) is 13.2 Å². The smallest absolute Gasteiger partial charge is 0.387 e. The monoisotopic (exact) mass is 283 g/mol. The molecule has 0 amide bonds. The largest absolute Gasteiger partial charge is 0.435 e. The second-order valence-electron chi connectivity index (χ2n) is 5.49. The molecule has 2 rings (SSSR count). The third kappa shape index (κ3) is 4.44. The number of benzene rings is 1. The summed E-state index contributed by atoms with van der Waals surface area (Å²) in [6.45, 7) is 0.365. The molecule has 0 aliphatic heterocycles. The highest BCUT2D eigenvalue weighted by Crippen LogP contribution is 2.35. The van der Waals surface area contributed by atoms with Crippen LogP contribution in [0.5, 0.6) is 5.75 Å². The molecular formula is C16H23F2NO. The van der Waals surface area contributed by atoms with Gasteiger partial charge in [-0.05, 0) is 43.0 Å².